The lowest BCUT2D eigenvalue weighted by Crippen LogP contribution is -1.92. The van der Waals surface area contributed by atoms with E-state index in [9.17, 15) is 15.0 Å². The van der Waals surface area contributed by atoms with E-state index < -0.39 is 0 Å². The summed E-state index contributed by atoms with van der Waals surface area (Å²) in [6.45, 7) is 0. The van der Waals surface area contributed by atoms with Crippen molar-refractivity contribution in [1.82, 2.24) is 0 Å². The van der Waals surface area contributed by atoms with Gasteiger partial charge in [0, 0.05) is 5.56 Å². The van der Waals surface area contributed by atoms with Crippen LogP contribution in [0.15, 0.2) is 54.6 Å². The summed E-state index contributed by atoms with van der Waals surface area (Å²) >= 11 is 0. The third kappa shape index (κ3) is 2.58. The molecule has 0 unspecified atom stereocenters. The molecule has 0 heterocycles. The van der Waals surface area contributed by atoms with Gasteiger partial charge < -0.3 is 10.2 Å². The fraction of sp³-hybridized carbons (Fsp3) is 0. The Hall–Kier alpha value is -2.55. The number of rotatable bonds is 3. The van der Waals surface area contributed by atoms with Gasteiger partial charge in [0.25, 0.3) is 0 Å². The van der Waals surface area contributed by atoms with Crippen LogP contribution >= 0.6 is 0 Å². The summed E-state index contributed by atoms with van der Waals surface area (Å²) in [7, 11) is 0. The molecule has 0 saturated heterocycles. The van der Waals surface area contributed by atoms with Crippen molar-refractivity contribution >= 4 is 11.9 Å². The molecule has 3 heteroatoms. The van der Waals surface area contributed by atoms with Crippen molar-refractivity contribution in [3.63, 3.8) is 0 Å². The van der Waals surface area contributed by atoms with E-state index >= 15 is 0 Å². The molecule has 2 N–H and O–H groups in total. The fourth-order valence-corrected chi connectivity index (χ4v) is 1.57. The maximum atomic E-state index is 11.8. The summed E-state index contributed by atoms with van der Waals surface area (Å²) in [5.74, 6) is -0.308. The van der Waals surface area contributed by atoms with Gasteiger partial charge in [0.15, 0.2) is 5.78 Å². The Labute approximate surface area is 105 Å². The Morgan fingerprint density at radius 1 is 0.889 bits per heavy atom. The van der Waals surface area contributed by atoms with Crippen LogP contribution in [0.1, 0.15) is 15.9 Å². The highest BCUT2D eigenvalue weighted by Gasteiger charge is 2.04. The van der Waals surface area contributed by atoms with E-state index in [1.165, 1.54) is 30.4 Å². The number of ketones is 1. The van der Waals surface area contributed by atoms with Gasteiger partial charge in [-0.05, 0) is 24.3 Å². The Bertz CT molecular complexity index is 566. The van der Waals surface area contributed by atoms with Crippen LogP contribution in [0.4, 0.5) is 0 Å². The third-order valence-electron chi connectivity index (χ3n) is 2.52. The summed E-state index contributed by atoms with van der Waals surface area (Å²) in [6, 6.07) is 13.2. The molecule has 0 aliphatic heterocycles. The van der Waals surface area contributed by atoms with Crippen molar-refractivity contribution in [3.05, 3.63) is 65.7 Å². The summed E-state index contributed by atoms with van der Waals surface area (Å²) in [5, 5.41) is 19.1. The van der Waals surface area contributed by atoms with Gasteiger partial charge in [0.1, 0.15) is 11.5 Å². The number of carbonyl (C=O) groups excluding carboxylic acids is 1. The van der Waals surface area contributed by atoms with E-state index in [1.807, 2.05) is 6.07 Å². The van der Waals surface area contributed by atoms with Gasteiger partial charge in [-0.15, -0.1) is 0 Å². The van der Waals surface area contributed by atoms with Crippen LogP contribution in [0.5, 0.6) is 11.5 Å². The molecular weight excluding hydrogens is 228 g/mol. The average Bonchev–Trinajstić information content (AvgIpc) is 2.39. The Kier molecular flexibility index (Phi) is 3.44. The average molecular weight is 240 g/mol. The predicted octanol–water partition coefficient (Wildman–Crippen LogP) is 2.99. The first-order valence-corrected chi connectivity index (χ1v) is 5.47. The summed E-state index contributed by atoms with van der Waals surface area (Å²) in [5.41, 5.74) is 0.797. The fourth-order valence-electron chi connectivity index (χ4n) is 1.57. The predicted molar refractivity (Wildman–Crippen MR) is 69.6 cm³/mol. The molecule has 3 nitrogen and oxygen atoms in total. The quantitative estimate of drug-likeness (QED) is 0.640. The molecule has 0 aliphatic carbocycles. The van der Waals surface area contributed by atoms with Crippen molar-refractivity contribution in [2.45, 2.75) is 0 Å². The Balaban J connectivity index is 2.24. The molecule has 0 spiro atoms. The monoisotopic (exact) mass is 240 g/mol. The van der Waals surface area contributed by atoms with E-state index in [-0.39, 0.29) is 22.8 Å². The van der Waals surface area contributed by atoms with Gasteiger partial charge in [-0.25, -0.2) is 0 Å². The minimum absolute atomic E-state index is 0.0629. The van der Waals surface area contributed by atoms with Crippen LogP contribution in [0, 0.1) is 0 Å². The minimum atomic E-state index is -0.182. The first-order valence-electron chi connectivity index (χ1n) is 5.47. The topological polar surface area (TPSA) is 57.5 Å². The minimum Gasteiger partial charge on any atom is -0.507 e. The van der Waals surface area contributed by atoms with Crippen LogP contribution < -0.4 is 0 Å². The third-order valence-corrected chi connectivity index (χ3v) is 2.52. The van der Waals surface area contributed by atoms with Crippen molar-refractivity contribution in [2.75, 3.05) is 0 Å². The van der Waals surface area contributed by atoms with E-state index in [2.05, 4.69) is 0 Å². The van der Waals surface area contributed by atoms with Gasteiger partial charge in [0.05, 0.1) is 5.56 Å². The molecule has 0 fully saturated rings. The molecule has 2 aromatic carbocycles. The molecule has 90 valence electrons. The number of aromatic hydroxyl groups is 2. The maximum absolute atomic E-state index is 11.8. The Morgan fingerprint density at radius 3 is 2.11 bits per heavy atom. The molecular formula is C15H12O3. The van der Waals surface area contributed by atoms with Crippen LogP contribution in [-0.2, 0) is 0 Å². The molecule has 0 saturated carbocycles. The number of phenols is 2. The first kappa shape index (κ1) is 11.9. The van der Waals surface area contributed by atoms with E-state index in [4.69, 9.17) is 0 Å². The van der Waals surface area contributed by atoms with E-state index in [1.54, 1.807) is 24.3 Å². The van der Waals surface area contributed by atoms with Crippen LogP contribution in [0.3, 0.4) is 0 Å². The molecule has 2 aromatic rings. The van der Waals surface area contributed by atoms with Crippen molar-refractivity contribution in [2.24, 2.45) is 0 Å². The molecule has 0 atom stereocenters. The van der Waals surface area contributed by atoms with E-state index in [0.717, 1.165) is 0 Å². The maximum Gasteiger partial charge on any atom is 0.185 e. The van der Waals surface area contributed by atoms with Crippen molar-refractivity contribution < 1.29 is 15.0 Å². The lowest BCUT2D eigenvalue weighted by Gasteiger charge is -2.01. The highest BCUT2D eigenvalue weighted by molar-refractivity contribution is 6.07. The van der Waals surface area contributed by atoms with Crippen molar-refractivity contribution in [3.8, 4) is 11.5 Å². The molecule has 2 rings (SSSR count). The molecule has 0 radical (unpaired) electrons. The van der Waals surface area contributed by atoms with Gasteiger partial charge in [-0.2, -0.15) is 0 Å². The number of benzene rings is 2. The van der Waals surface area contributed by atoms with E-state index in [0.29, 0.717) is 5.56 Å². The van der Waals surface area contributed by atoms with Crippen molar-refractivity contribution in [1.29, 1.82) is 0 Å². The lowest BCUT2D eigenvalue weighted by molar-refractivity contribution is 0.104. The zero-order chi connectivity index (χ0) is 13.0. The van der Waals surface area contributed by atoms with Crippen LogP contribution in [-0.4, -0.2) is 16.0 Å². The first-order chi connectivity index (χ1) is 8.68. The van der Waals surface area contributed by atoms with Gasteiger partial charge in [-0.3, -0.25) is 4.79 Å². The SMILES string of the molecule is O=C(/C=C/c1c(O)cccc1O)c1ccccc1. The lowest BCUT2D eigenvalue weighted by atomic mass is 10.1. The van der Waals surface area contributed by atoms with Gasteiger partial charge in [-0.1, -0.05) is 36.4 Å². The number of allylic oxidation sites excluding steroid dienone is 1. The van der Waals surface area contributed by atoms with Crippen LogP contribution in [0.2, 0.25) is 0 Å². The zero-order valence-electron chi connectivity index (χ0n) is 9.58. The second kappa shape index (κ2) is 5.19. The number of hydrogen-bond donors (Lipinski definition) is 2. The summed E-state index contributed by atoms with van der Waals surface area (Å²) in [4.78, 5) is 11.8. The highest BCUT2D eigenvalue weighted by atomic mass is 16.3. The highest BCUT2D eigenvalue weighted by Crippen LogP contribution is 2.27. The largest absolute Gasteiger partial charge is 0.507 e. The smallest absolute Gasteiger partial charge is 0.185 e. The number of carbonyl (C=O) groups is 1. The molecule has 0 amide bonds. The molecule has 0 aromatic heterocycles. The molecule has 0 aliphatic rings. The summed E-state index contributed by atoms with van der Waals surface area (Å²) in [6.07, 6.45) is 2.73. The number of phenolic OH excluding ortho intramolecular Hbond substituents is 2. The standard InChI is InChI=1S/C15H12O3/c16-13(11-5-2-1-3-6-11)10-9-12-14(17)7-4-8-15(12)18/h1-10,17-18H/b10-9+. The number of hydrogen-bond acceptors (Lipinski definition) is 3. The van der Waals surface area contributed by atoms with Gasteiger partial charge in [0.2, 0.25) is 0 Å². The summed E-state index contributed by atoms with van der Waals surface area (Å²) < 4.78 is 0. The zero-order valence-corrected chi connectivity index (χ0v) is 9.58. The second-order valence-electron chi connectivity index (χ2n) is 3.77. The van der Waals surface area contributed by atoms with Gasteiger partial charge >= 0.3 is 0 Å². The second-order valence-corrected chi connectivity index (χ2v) is 3.77. The normalized spacial score (nSPS) is 10.7. The Morgan fingerprint density at radius 2 is 1.50 bits per heavy atom. The molecule has 18 heavy (non-hydrogen) atoms. The molecule has 0 bridgehead atoms. The van der Waals surface area contributed by atoms with Crippen LogP contribution in [0.25, 0.3) is 6.08 Å².